The quantitative estimate of drug-likeness (QED) is 0.880. The molecule has 17 heavy (non-hydrogen) atoms. The van der Waals surface area contributed by atoms with E-state index in [0.29, 0.717) is 6.61 Å². The van der Waals surface area contributed by atoms with E-state index in [0.717, 1.165) is 12.2 Å². The van der Waals surface area contributed by atoms with Gasteiger partial charge in [-0.05, 0) is 53.4 Å². The fourth-order valence-electron chi connectivity index (χ4n) is 1.63. The summed E-state index contributed by atoms with van der Waals surface area (Å²) in [7, 11) is 0. The van der Waals surface area contributed by atoms with Gasteiger partial charge in [-0.2, -0.15) is 11.3 Å². The highest BCUT2D eigenvalue weighted by molar-refractivity contribution is 7.07. The minimum Gasteiger partial charge on any atom is -0.489 e. The number of hydrogen-bond donors (Lipinski definition) is 1. The van der Waals surface area contributed by atoms with Crippen molar-refractivity contribution in [3.63, 3.8) is 0 Å². The van der Waals surface area contributed by atoms with Gasteiger partial charge in [0.1, 0.15) is 12.4 Å². The molecule has 0 aliphatic carbocycles. The van der Waals surface area contributed by atoms with E-state index in [1.165, 1.54) is 11.1 Å². The van der Waals surface area contributed by atoms with Crippen LogP contribution in [0.2, 0.25) is 0 Å². The molecule has 0 radical (unpaired) electrons. The number of nitrogens with two attached hydrogens (primary N) is 1. The van der Waals surface area contributed by atoms with E-state index in [4.69, 9.17) is 10.5 Å². The van der Waals surface area contributed by atoms with Crippen molar-refractivity contribution in [3.05, 3.63) is 52.2 Å². The maximum absolute atomic E-state index is 5.76. The first-order valence-electron chi connectivity index (χ1n) is 5.72. The monoisotopic (exact) mass is 247 g/mol. The standard InChI is InChI=1S/C14H17NOS/c1-11(15)8-12-2-4-14(5-3-12)16-9-13-6-7-17-10-13/h2-7,10-11H,8-9,15H2,1H3. The highest BCUT2D eigenvalue weighted by atomic mass is 32.1. The number of benzene rings is 1. The Morgan fingerprint density at radius 1 is 1.18 bits per heavy atom. The van der Waals surface area contributed by atoms with Crippen molar-refractivity contribution in [1.29, 1.82) is 0 Å². The average Bonchev–Trinajstić information content (AvgIpc) is 2.80. The van der Waals surface area contributed by atoms with Crippen LogP contribution in [0.15, 0.2) is 41.1 Å². The third kappa shape index (κ3) is 3.88. The van der Waals surface area contributed by atoms with E-state index in [2.05, 4.69) is 29.0 Å². The third-order valence-electron chi connectivity index (χ3n) is 2.47. The molecule has 2 rings (SSSR count). The van der Waals surface area contributed by atoms with E-state index < -0.39 is 0 Å². The predicted octanol–water partition coefficient (Wildman–Crippen LogP) is 3.22. The van der Waals surface area contributed by atoms with Crippen LogP contribution >= 0.6 is 11.3 Å². The molecule has 1 heterocycles. The zero-order valence-corrected chi connectivity index (χ0v) is 10.7. The fourth-order valence-corrected chi connectivity index (χ4v) is 2.29. The summed E-state index contributed by atoms with van der Waals surface area (Å²) in [6.45, 7) is 2.65. The summed E-state index contributed by atoms with van der Waals surface area (Å²) in [5.41, 5.74) is 8.23. The summed E-state index contributed by atoms with van der Waals surface area (Å²) in [5.74, 6) is 0.907. The Hall–Kier alpha value is -1.32. The van der Waals surface area contributed by atoms with E-state index in [9.17, 15) is 0 Å². The SMILES string of the molecule is CC(N)Cc1ccc(OCc2ccsc2)cc1. The van der Waals surface area contributed by atoms with Gasteiger partial charge in [0, 0.05) is 6.04 Å². The molecule has 0 saturated heterocycles. The highest BCUT2D eigenvalue weighted by Gasteiger charge is 1.99. The van der Waals surface area contributed by atoms with Gasteiger partial charge in [-0.1, -0.05) is 12.1 Å². The van der Waals surface area contributed by atoms with Gasteiger partial charge in [-0.25, -0.2) is 0 Å². The van der Waals surface area contributed by atoms with E-state index in [1.54, 1.807) is 11.3 Å². The largest absolute Gasteiger partial charge is 0.489 e. The van der Waals surface area contributed by atoms with Crippen LogP contribution in [-0.4, -0.2) is 6.04 Å². The van der Waals surface area contributed by atoms with Gasteiger partial charge in [0.15, 0.2) is 0 Å². The fraction of sp³-hybridized carbons (Fsp3) is 0.286. The number of thiophene rings is 1. The van der Waals surface area contributed by atoms with Crippen LogP contribution in [-0.2, 0) is 13.0 Å². The summed E-state index contributed by atoms with van der Waals surface area (Å²) in [6, 6.07) is 10.4. The second kappa shape index (κ2) is 5.84. The van der Waals surface area contributed by atoms with Crippen molar-refractivity contribution < 1.29 is 4.74 Å². The summed E-state index contributed by atoms with van der Waals surface area (Å²) in [4.78, 5) is 0. The van der Waals surface area contributed by atoms with Crippen LogP contribution in [0.1, 0.15) is 18.1 Å². The molecule has 0 spiro atoms. The van der Waals surface area contributed by atoms with Crippen molar-refractivity contribution in [1.82, 2.24) is 0 Å². The lowest BCUT2D eigenvalue weighted by molar-refractivity contribution is 0.306. The third-order valence-corrected chi connectivity index (χ3v) is 3.20. The smallest absolute Gasteiger partial charge is 0.119 e. The summed E-state index contributed by atoms with van der Waals surface area (Å²) in [6.07, 6.45) is 0.908. The molecule has 1 unspecified atom stereocenters. The van der Waals surface area contributed by atoms with Crippen LogP contribution < -0.4 is 10.5 Å². The molecule has 2 N–H and O–H groups in total. The maximum atomic E-state index is 5.76. The second-order valence-electron chi connectivity index (χ2n) is 4.25. The Bertz CT molecular complexity index is 434. The van der Waals surface area contributed by atoms with Crippen LogP contribution in [0.5, 0.6) is 5.75 Å². The molecule has 1 aromatic heterocycles. The number of rotatable bonds is 5. The Labute approximate surface area is 106 Å². The highest BCUT2D eigenvalue weighted by Crippen LogP contribution is 2.16. The minimum absolute atomic E-state index is 0.201. The Balaban J connectivity index is 1.89. The molecule has 0 aliphatic rings. The predicted molar refractivity (Wildman–Crippen MR) is 72.4 cm³/mol. The van der Waals surface area contributed by atoms with Crippen LogP contribution in [0.3, 0.4) is 0 Å². The lowest BCUT2D eigenvalue weighted by Crippen LogP contribution is -2.17. The Morgan fingerprint density at radius 2 is 1.94 bits per heavy atom. The minimum atomic E-state index is 0.201. The summed E-state index contributed by atoms with van der Waals surface area (Å²) >= 11 is 1.69. The molecule has 1 atom stereocenters. The lowest BCUT2D eigenvalue weighted by Gasteiger charge is -2.08. The van der Waals surface area contributed by atoms with Gasteiger partial charge in [0.2, 0.25) is 0 Å². The van der Waals surface area contributed by atoms with Gasteiger partial charge in [0.05, 0.1) is 0 Å². The molecule has 1 aromatic carbocycles. The van der Waals surface area contributed by atoms with Gasteiger partial charge >= 0.3 is 0 Å². The van der Waals surface area contributed by atoms with Gasteiger partial charge in [-0.3, -0.25) is 0 Å². The molecule has 90 valence electrons. The molecule has 2 nitrogen and oxygen atoms in total. The molecule has 0 amide bonds. The molecule has 0 fully saturated rings. The summed E-state index contributed by atoms with van der Waals surface area (Å²) < 4.78 is 5.69. The first kappa shape index (κ1) is 12.1. The molecule has 0 saturated carbocycles. The van der Waals surface area contributed by atoms with E-state index >= 15 is 0 Å². The second-order valence-corrected chi connectivity index (χ2v) is 5.03. The van der Waals surface area contributed by atoms with E-state index in [-0.39, 0.29) is 6.04 Å². The molecule has 3 heteroatoms. The van der Waals surface area contributed by atoms with Crippen molar-refractivity contribution >= 4 is 11.3 Å². The van der Waals surface area contributed by atoms with Gasteiger partial charge in [-0.15, -0.1) is 0 Å². The summed E-state index contributed by atoms with van der Waals surface area (Å²) in [5, 5.41) is 4.16. The van der Waals surface area contributed by atoms with Crippen molar-refractivity contribution in [2.24, 2.45) is 5.73 Å². The molecule has 0 aliphatic heterocycles. The normalized spacial score (nSPS) is 12.4. The van der Waals surface area contributed by atoms with Crippen molar-refractivity contribution in [2.45, 2.75) is 26.0 Å². The van der Waals surface area contributed by atoms with E-state index in [1.807, 2.05) is 19.1 Å². The topological polar surface area (TPSA) is 35.2 Å². The zero-order valence-electron chi connectivity index (χ0n) is 9.93. The molecular weight excluding hydrogens is 230 g/mol. The molecule has 0 bridgehead atoms. The zero-order chi connectivity index (χ0) is 12.1. The van der Waals surface area contributed by atoms with Crippen molar-refractivity contribution in [2.75, 3.05) is 0 Å². The van der Waals surface area contributed by atoms with Crippen LogP contribution in [0.4, 0.5) is 0 Å². The first-order chi connectivity index (χ1) is 8.24. The first-order valence-corrected chi connectivity index (χ1v) is 6.67. The molecule has 2 aromatic rings. The van der Waals surface area contributed by atoms with Gasteiger partial charge < -0.3 is 10.5 Å². The number of hydrogen-bond acceptors (Lipinski definition) is 3. The Kier molecular flexibility index (Phi) is 4.18. The van der Waals surface area contributed by atoms with Gasteiger partial charge in [0.25, 0.3) is 0 Å². The van der Waals surface area contributed by atoms with Crippen molar-refractivity contribution in [3.8, 4) is 5.75 Å². The van der Waals surface area contributed by atoms with Crippen LogP contribution in [0, 0.1) is 0 Å². The maximum Gasteiger partial charge on any atom is 0.119 e. The Morgan fingerprint density at radius 3 is 2.53 bits per heavy atom. The van der Waals surface area contributed by atoms with Crippen LogP contribution in [0.25, 0.3) is 0 Å². The number of ether oxygens (including phenoxy) is 1. The molecular formula is C14H17NOS. The lowest BCUT2D eigenvalue weighted by atomic mass is 10.1. The average molecular weight is 247 g/mol.